The van der Waals surface area contributed by atoms with Gasteiger partial charge in [-0.25, -0.2) is 4.79 Å². The van der Waals surface area contributed by atoms with Gasteiger partial charge in [0.1, 0.15) is 11.6 Å². The van der Waals surface area contributed by atoms with Gasteiger partial charge in [0.05, 0.1) is 0 Å². The fourth-order valence-corrected chi connectivity index (χ4v) is 2.91. The molecule has 2 aromatic rings. The number of nitrogens with one attached hydrogen (secondary N) is 1. The normalized spacial score (nSPS) is 11.8. The van der Waals surface area contributed by atoms with Gasteiger partial charge in [-0.2, -0.15) is 0 Å². The number of ether oxygens (including phenoxy) is 1. The zero-order chi connectivity index (χ0) is 20.7. The highest BCUT2D eigenvalue weighted by Gasteiger charge is 2.28. The van der Waals surface area contributed by atoms with Crippen molar-refractivity contribution in [2.24, 2.45) is 0 Å². The van der Waals surface area contributed by atoms with Crippen LogP contribution in [-0.2, 0) is 11.3 Å². The third-order valence-electron chi connectivity index (χ3n) is 4.34. The fraction of sp³-hybridized carbons (Fsp3) is 0.450. The number of carbonyl (C=O) groups is 1. The van der Waals surface area contributed by atoms with Crippen molar-refractivity contribution in [3.63, 3.8) is 0 Å². The summed E-state index contributed by atoms with van der Waals surface area (Å²) in [4.78, 5) is 41.3. The second-order valence-electron chi connectivity index (χ2n) is 6.56. The lowest BCUT2D eigenvalue weighted by atomic mass is 10.2. The Bertz CT molecular complexity index is 905. The Morgan fingerprint density at radius 2 is 1.89 bits per heavy atom. The number of H-pyrrole nitrogens is 1. The Labute approximate surface area is 163 Å². The minimum atomic E-state index is -0.829. The highest BCUT2D eigenvalue weighted by molar-refractivity contribution is 5.98. The summed E-state index contributed by atoms with van der Waals surface area (Å²) in [6.07, 6.45) is 1.33. The van der Waals surface area contributed by atoms with Crippen molar-refractivity contribution in [2.75, 3.05) is 17.2 Å². The summed E-state index contributed by atoms with van der Waals surface area (Å²) >= 11 is 0. The molecule has 152 valence electrons. The van der Waals surface area contributed by atoms with Crippen LogP contribution in [0.25, 0.3) is 0 Å². The zero-order valence-electron chi connectivity index (χ0n) is 16.6. The molecule has 1 atom stereocenters. The molecule has 0 spiro atoms. The maximum atomic E-state index is 13.1. The van der Waals surface area contributed by atoms with Gasteiger partial charge in [-0.05, 0) is 31.9 Å². The number of anilines is 2. The smallest absolute Gasteiger partial charge is 0.330 e. The second kappa shape index (κ2) is 9.77. The molecule has 1 amide bonds. The fourth-order valence-electron chi connectivity index (χ4n) is 2.91. The molecule has 0 aliphatic heterocycles. The highest BCUT2D eigenvalue weighted by Crippen LogP contribution is 2.20. The number of nitrogens with two attached hydrogens (primary N) is 1. The van der Waals surface area contributed by atoms with Gasteiger partial charge in [0.2, 0.25) is 0 Å². The van der Waals surface area contributed by atoms with Crippen LogP contribution in [0.2, 0.25) is 0 Å². The van der Waals surface area contributed by atoms with Crippen molar-refractivity contribution in [1.82, 2.24) is 9.55 Å². The molecular weight excluding hydrogens is 360 g/mol. The van der Waals surface area contributed by atoms with E-state index in [4.69, 9.17) is 10.5 Å². The SMILES string of the molecule is CCCCN(C(=O)[C@H](C)Oc1ccccc1)c1c(N)n(CCC)c(=O)[nH]c1=O. The molecule has 2 rings (SSSR count). The molecule has 3 N–H and O–H groups in total. The van der Waals surface area contributed by atoms with Crippen LogP contribution in [0.15, 0.2) is 39.9 Å². The summed E-state index contributed by atoms with van der Waals surface area (Å²) < 4.78 is 7.01. The summed E-state index contributed by atoms with van der Waals surface area (Å²) in [5.74, 6) is 0.153. The summed E-state index contributed by atoms with van der Waals surface area (Å²) in [5.41, 5.74) is 4.88. The Morgan fingerprint density at radius 3 is 2.50 bits per heavy atom. The van der Waals surface area contributed by atoms with E-state index in [0.717, 1.165) is 6.42 Å². The molecule has 0 bridgehead atoms. The molecule has 0 saturated carbocycles. The average Bonchev–Trinajstić information content (AvgIpc) is 2.67. The lowest BCUT2D eigenvalue weighted by Crippen LogP contribution is -2.46. The van der Waals surface area contributed by atoms with Crippen molar-refractivity contribution in [2.45, 2.75) is 52.7 Å². The number of rotatable bonds is 9. The average molecular weight is 388 g/mol. The van der Waals surface area contributed by atoms with Crippen LogP contribution in [0.5, 0.6) is 5.75 Å². The van der Waals surface area contributed by atoms with E-state index < -0.39 is 23.3 Å². The molecular formula is C20H28N4O4. The lowest BCUT2D eigenvalue weighted by molar-refractivity contribution is -0.124. The van der Waals surface area contributed by atoms with Crippen molar-refractivity contribution in [3.05, 3.63) is 51.2 Å². The van der Waals surface area contributed by atoms with E-state index in [1.54, 1.807) is 19.1 Å². The van der Waals surface area contributed by atoms with Crippen molar-refractivity contribution >= 4 is 17.4 Å². The van der Waals surface area contributed by atoms with Gasteiger partial charge >= 0.3 is 5.69 Å². The van der Waals surface area contributed by atoms with Crippen LogP contribution >= 0.6 is 0 Å². The number of nitrogens with zero attached hydrogens (tertiary/aromatic N) is 2. The number of aromatic nitrogens is 2. The zero-order valence-corrected chi connectivity index (χ0v) is 16.6. The number of para-hydroxylation sites is 1. The van der Waals surface area contributed by atoms with Crippen molar-refractivity contribution < 1.29 is 9.53 Å². The summed E-state index contributed by atoms with van der Waals surface area (Å²) in [6.45, 7) is 6.15. The maximum Gasteiger partial charge on any atom is 0.330 e. The largest absolute Gasteiger partial charge is 0.481 e. The standard InChI is InChI=1S/C20H28N4O4/c1-4-6-13-23(19(26)14(3)28-15-10-8-7-9-11-15)16-17(21)24(12-5-2)20(27)22-18(16)25/h7-11,14H,4-6,12-13,21H2,1-3H3,(H,22,25,27)/t14-/m0/s1. The molecule has 0 fully saturated rings. The minimum Gasteiger partial charge on any atom is -0.481 e. The summed E-state index contributed by atoms with van der Waals surface area (Å²) in [6, 6.07) is 8.98. The molecule has 0 radical (unpaired) electrons. The van der Waals surface area contributed by atoms with Gasteiger partial charge in [0.25, 0.3) is 11.5 Å². The van der Waals surface area contributed by atoms with E-state index in [0.29, 0.717) is 31.7 Å². The number of carbonyl (C=O) groups excluding carboxylic acids is 1. The predicted octanol–water partition coefficient (Wildman–Crippen LogP) is 2.13. The second-order valence-corrected chi connectivity index (χ2v) is 6.56. The monoisotopic (exact) mass is 388 g/mol. The molecule has 0 unspecified atom stereocenters. The Kier molecular flexibility index (Phi) is 7.43. The first-order valence-electron chi connectivity index (χ1n) is 9.56. The molecule has 0 aliphatic carbocycles. The first-order chi connectivity index (χ1) is 13.4. The molecule has 8 heteroatoms. The molecule has 0 aliphatic rings. The third kappa shape index (κ3) is 4.82. The van der Waals surface area contributed by atoms with Crippen molar-refractivity contribution in [1.29, 1.82) is 0 Å². The predicted molar refractivity (Wildman–Crippen MR) is 110 cm³/mol. The molecule has 1 heterocycles. The van der Waals surface area contributed by atoms with Crippen LogP contribution < -0.4 is 26.6 Å². The topological polar surface area (TPSA) is 110 Å². The van der Waals surface area contributed by atoms with E-state index in [-0.39, 0.29) is 11.5 Å². The molecule has 28 heavy (non-hydrogen) atoms. The van der Waals surface area contributed by atoms with E-state index in [2.05, 4.69) is 4.98 Å². The first kappa shape index (κ1) is 21.3. The minimum absolute atomic E-state index is 0.00462. The van der Waals surface area contributed by atoms with E-state index in [1.807, 2.05) is 32.0 Å². The third-order valence-corrected chi connectivity index (χ3v) is 4.34. The van der Waals surface area contributed by atoms with Gasteiger partial charge in [-0.1, -0.05) is 38.5 Å². The Hall–Kier alpha value is -3.03. The Morgan fingerprint density at radius 1 is 1.21 bits per heavy atom. The molecule has 1 aromatic carbocycles. The van der Waals surface area contributed by atoms with Crippen LogP contribution in [0, 0.1) is 0 Å². The van der Waals surface area contributed by atoms with Crippen LogP contribution in [0.1, 0.15) is 40.0 Å². The summed E-state index contributed by atoms with van der Waals surface area (Å²) in [5, 5.41) is 0. The molecule has 8 nitrogen and oxygen atoms in total. The molecule has 0 saturated heterocycles. The van der Waals surface area contributed by atoms with Crippen LogP contribution in [0.4, 0.5) is 11.5 Å². The maximum absolute atomic E-state index is 13.1. The first-order valence-corrected chi connectivity index (χ1v) is 9.56. The number of nitrogen functional groups attached to an aromatic ring is 1. The van der Waals surface area contributed by atoms with E-state index in [1.165, 1.54) is 9.47 Å². The lowest BCUT2D eigenvalue weighted by Gasteiger charge is -2.27. The van der Waals surface area contributed by atoms with Crippen LogP contribution in [-0.4, -0.2) is 28.1 Å². The number of hydrogen-bond acceptors (Lipinski definition) is 5. The molecule has 1 aromatic heterocycles. The number of aromatic amines is 1. The van der Waals surface area contributed by atoms with Crippen molar-refractivity contribution in [3.8, 4) is 5.75 Å². The van der Waals surface area contributed by atoms with Crippen LogP contribution in [0.3, 0.4) is 0 Å². The van der Waals surface area contributed by atoms with E-state index >= 15 is 0 Å². The number of unbranched alkanes of at least 4 members (excludes halogenated alkanes) is 1. The van der Waals surface area contributed by atoms with Gasteiger partial charge in [0.15, 0.2) is 11.8 Å². The van der Waals surface area contributed by atoms with Gasteiger partial charge in [0, 0.05) is 13.1 Å². The van der Waals surface area contributed by atoms with E-state index in [9.17, 15) is 14.4 Å². The highest BCUT2D eigenvalue weighted by atomic mass is 16.5. The van der Waals surface area contributed by atoms with Gasteiger partial charge < -0.3 is 15.4 Å². The number of hydrogen-bond donors (Lipinski definition) is 2. The van der Waals surface area contributed by atoms with Gasteiger partial charge in [-0.3, -0.25) is 19.1 Å². The quantitative estimate of drug-likeness (QED) is 0.684. The number of benzene rings is 1. The number of amides is 1. The summed E-state index contributed by atoms with van der Waals surface area (Å²) in [7, 11) is 0. The van der Waals surface area contributed by atoms with Gasteiger partial charge in [-0.15, -0.1) is 0 Å². The Balaban J connectivity index is 2.43.